The molecule has 2 saturated heterocycles. The standard InChI is InChI=1S/C30H29Cl2N3O4/c1-20-7-9-22(10-8-20)29(38)35-26(27(36)33-18-21-5-3-2-4-6-21)19-39-30(35)13-15-34(16-14-30)28(37)23-11-12-24(31)25(32)17-23/h2-12,17,26H,13-16,18-19H2,1H3,(H,33,36)/t26-/m0/s1. The average molecular weight is 566 g/mol. The van der Waals surface area contributed by atoms with Gasteiger partial charge in [0.1, 0.15) is 11.8 Å². The third-order valence-corrected chi connectivity index (χ3v) is 8.13. The summed E-state index contributed by atoms with van der Waals surface area (Å²) in [5.74, 6) is -0.711. The van der Waals surface area contributed by atoms with Crippen LogP contribution in [0.5, 0.6) is 0 Å². The number of likely N-dealkylation sites (tertiary alicyclic amines) is 1. The van der Waals surface area contributed by atoms with Gasteiger partial charge in [-0.05, 0) is 42.8 Å². The van der Waals surface area contributed by atoms with Crippen molar-refractivity contribution in [2.75, 3.05) is 19.7 Å². The number of piperidine rings is 1. The number of ether oxygens (including phenoxy) is 1. The minimum atomic E-state index is -0.995. The van der Waals surface area contributed by atoms with Crippen molar-refractivity contribution in [3.63, 3.8) is 0 Å². The van der Waals surface area contributed by atoms with Crippen LogP contribution in [-0.2, 0) is 16.1 Å². The number of carbonyl (C=O) groups is 3. The highest BCUT2D eigenvalue weighted by molar-refractivity contribution is 6.42. The van der Waals surface area contributed by atoms with Crippen LogP contribution in [0.1, 0.15) is 44.7 Å². The van der Waals surface area contributed by atoms with Crippen molar-refractivity contribution in [1.29, 1.82) is 0 Å². The van der Waals surface area contributed by atoms with Crippen molar-refractivity contribution < 1.29 is 19.1 Å². The van der Waals surface area contributed by atoms with Crippen LogP contribution in [0.15, 0.2) is 72.8 Å². The molecule has 2 heterocycles. The lowest BCUT2D eigenvalue weighted by Crippen LogP contribution is -2.59. The van der Waals surface area contributed by atoms with E-state index in [-0.39, 0.29) is 24.3 Å². The maximum atomic E-state index is 13.9. The summed E-state index contributed by atoms with van der Waals surface area (Å²) >= 11 is 12.1. The molecule has 2 aliphatic heterocycles. The van der Waals surface area contributed by atoms with E-state index in [0.717, 1.165) is 11.1 Å². The predicted octanol–water partition coefficient (Wildman–Crippen LogP) is 5.09. The smallest absolute Gasteiger partial charge is 0.256 e. The highest BCUT2D eigenvalue weighted by atomic mass is 35.5. The molecule has 2 aliphatic rings. The SMILES string of the molecule is Cc1ccc(C(=O)N2[C@H](C(=O)NCc3ccccc3)COC23CCN(C(=O)c2ccc(Cl)c(Cl)c2)CC3)cc1. The quantitative estimate of drug-likeness (QED) is 0.467. The van der Waals surface area contributed by atoms with Gasteiger partial charge in [0.25, 0.3) is 11.8 Å². The Morgan fingerprint density at radius 1 is 0.897 bits per heavy atom. The first-order chi connectivity index (χ1) is 18.8. The second kappa shape index (κ2) is 11.4. The second-order valence-electron chi connectivity index (χ2n) is 9.94. The molecule has 1 N–H and O–H groups in total. The van der Waals surface area contributed by atoms with Gasteiger partial charge >= 0.3 is 0 Å². The molecular formula is C30H29Cl2N3O4. The monoisotopic (exact) mass is 565 g/mol. The van der Waals surface area contributed by atoms with Gasteiger partial charge in [0.2, 0.25) is 5.91 Å². The molecule has 0 unspecified atom stereocenters. The summed E-state index contributed by atoms with van der Waals surface area (Å²) in [6.45, 7) is 3.10. The molecule has 9 heteroatoms. The maximum absolute atomic E-state index is 13.9. The van der Waals surface area contributed by atoms with Crippen LogP contribution < -0.4 is 5.32 Å². The van der Waals surface area contributed by atoms with Crippen molar-refractivity contribution in [2.24, 2.45) is 0 Å². The predicted molar refractivity (Wildman–Crippen MR) is 150 cm³/mol. The summed E-state index contributed by atoms with van der Waals surface area (Å²) in [7, 11) is 0. The minimum absolute atomic E-state index is 0.0823. The van der Waals surface area contributed by atoms with Crippen LogP contribution in [0.2, 0.25) is 10.0 Å². The summed E-state index contributed by atoms with van der Waals surface area (Å²) in [6.07, 6.45) is 0.750. The Morgan fingerprint density at radius 3 is 2.23 bits per heavy atom. The molecule has 3 aromatic rings. The highest BCUT2D eigenvalue weighted by Gasteiger charge is 2.54. The molecule has 5 rings (SSSR count). The summed E-state index contributed by atoms with van der Waals surface area (Å²) in [5, 5.41) is 3.66. The van der Waals surface area contributed by atoms with E-state index in [1.54, 1.807) is 40.1 Å². The molecule has 0 radical (unpaired) electrons. The Bertz CT molecular complexity index is 1370. The van der Waals surface area contributed by atoms with Crippen molar-refractivity contribution in [2.45, 2.75) is 38.1 Å². The summed E-state index contributed by atoms with van der Waals surface area (Å²) in [4.78, 5) is 43.8. The summed E-state index contributed by atoms with van der Waals surface area (Å²) in [6, 6.07) is 20.9. The Hall–Kier alpha value is -3.39. The number of hydrogen-bond acceptors (Lipinski definition) is 4. The zero-order valence-electron chi connectivity index (χ0n) is 21.5. The van der Waals surface area contributed by atoms with Gasteiger partial charge in [0.15, 0.2) is 0 Å². The van der Waals surface area contributed by atoms with E-state index in [9.17, 15) is 14.4 Å². The fourth-order valence-corrected chi connectivity index (χ4v) is 5.47. The number of nitrogens with zero attached hydrogens (tertiary/aromatic N) is 2. The first-order valence-electron chi connectivity index (χ1n) is 12.9. The zero-order chi connectivity index (χ0) is 27.6. The molecule has 1 spiro atoms. The number of rotatable bonds is 5. The van der Waals surface area contributed by atoms with Gasteiger partial charge in [-0.3, -0.25) is 19.3 Å². The van der Waals surface area contributed by atoms with Gasteiger partial charge in [-0.25, -0.2) is 0 Å². The number of aryl methyl sites for hydroxylation is 1. The van der Waals surface area contributed by atoms with Crippen LogP contribution in [0, 0.1) is 6.92 Å². The van der Waals surface area contributed by atoms with E-state index in [0.29, 0.717) is 53.6 Å². The first kappa shape index (κ1) is 27.2. The second-order valence-corrected chi connectivity index (χ2v) is 10.8. The Kier molecular flexibility index (Phi) is 7.93. The van der Waals surface area contributed by atoms with Crippen molar-refractivity contribution >= 4 is 40.9 Å². The third-order valence-electron chi connectivity index (χ3n) is 7.39. The molecule has 3 aromatic carbocycles. The van der Waals surface area contributed by atoms with Gasteiger partial charge in [0, 0.05) is 43.6 Å². The van der Waals surface area contributed by atoms with Crippen molar-refractivity contribution in [1.82, 2.24) is 15.1 Å². The van der Waals surface area contributed by atoms with E-state index < -0.39 is 11.8 Å². The van der Waals surface area contributed by atoms with Crippen molar-refractivity contribution in [3.8, 4) is 0 Å². The number of halogens is 2. The Labute approximate surface area is 237 Å². The molecule has 0 saturated carbocycles. The molecule has 0 aliphatic carbocycles. The number of carbonyl (C=O) groups excluding carboxylic acids is 3. The van der Waals surface area contributed by atoms with Gasteiger partial charge in [-0.2, -0.15) is 0 Å². The Morgan fingerprint density at radius 2 is 1.56 bits per heavy atom. The average Bonchev–Trinajstić information content (AvgIpc) is 3.32. The molecule has 7 nitrogen and oxygen atoms in total. The Balaban J connectivity index is 1.36. The molecule has 0 aromatic heterocycles. The van der Waals surface area contributed by atoms with Crippen LogP contribution in [-0.4, -0.2) is 59.0 Å². The van der Waals surface area contributed by atoms with Crippen LogP contribution in [0.3, 0.4) is 0 Å². The van der Waals surface area contributed by atoms with Gasteiger partial charge in [-0.15, -0.1) is 0 Å². The lowest BCUT2D eigenvalue weighted by molar-refractivity contribution is -0.128. The normalized spacial score (nSPS) is 18.3. The van der Waals surface area contributed by atoms with Gasteiger partial charge in [-0.1, -0.05) is 71.2 Å². The highest BCUT2D eigenvalue weighted by Crippen LogP contribution is 2.39. The molecule has 202 valence electrons. The van der Waals surface area contributed by atoms with E-state index in [1.807, 2.05) is 49.4 Å². The van der Waals surface area contributed by atoms with E-state index in [4.69, 9.17) is 27.9 Å². The topological polar surface area (TPSA) is 79.0 Å². The number of amides is 3. The molecule has 0 bridgehead atoms. The maximum Gasteiger partial charge on any atom is 0.256 e. The molecule has 3 amide bonds. The summed E-state index contributed by atoms with van der Waals surface area (Å²) < 4.78 is 6.28. The zero-order valence-corrected chi connectivity index (χ0v) is 23.0. The van der Waals surface area contributed by atoms with E-state index in [1.165, 1.54) is 0 Å². The lowest BCUT2D eigenvalue weighted by atomic mass is 9.96. The fraction of sp³-hybridized carbons (Fsp3) is 0.300. The minimum Gasteiger partial charge on any atom is -0.353 e. The first-order valence-corrected chi connectivity index (χ1v) is 13.6. The van der Waals surface area contributed by atoms with Crippen molar-refractivity contribution in [3.05, 3.63) is 105 Å². The molecular weight excluding hydrogens is 537 g/mol. The summed E-state index contributed by atoms with van der Waals surface area (Å²) in [5.41, 5.74) is 1.93. The molecule has 39 heavy (non-hydrogen) atoms. The van der Waals surface area contributed by atoms with Gasteiger partial charge in [0.05, 0.1) is 16.7 Å². The van der Waals surface area contributed by atoms with Crippen LogP contribution in [0.25, 0.3) is 0 Å². The third kappa shape index (κ3) is 5.66. The number of nitrogens with one attached hydrogen (secondary N) is 1. The van der Waals surface area contributed by atoms with Gasteiger partial charge < -0.3 is 15.0 Å². The molecule has 2 fully saturated rings. The van der Waals surface area contributed by atoms with E-state index >= 15 is 0 Å². The van der Waals surface area contributed by atoms with Crippen LogP contribution >= 0.6 is 23.2 Å². The fourth-order valence-electron chi connectivity index (χ4n) is 5.18. The largest absolute Gasteiger partial charge is 0.353 e. The van der Waals surface area contributed by atoms with E-state index in [2.05, 4.69) is 5.32 Å². The number of hydrogen-bond donors (Lipinski definition) is 1. The van der Waals surface area contributed by atoms with Crippen LogP contribution in [0.4, 0.5) is 0 Å². The lowest BCUT2D eigenvalue weighted by Gasteiger charge is -2.44. The number of benzene rings is 3. The molecule has 1 atom stereocenters.